The van der Waals surface area contributed by atoms with Crippen molar-refractivity contribution in [3.8, 4) is 0 Å². The Balaban J connectivity index is 1.71. The van der Waals surface area contributed by atoms with Gasteiger partial charge in [0.25, 0.3) is 5.91 Å². The highest BCUT2D eigenvalue weighted by Crippen LogP contribution is 2.22. The van der Waals surface area contributed by atoms with Gasteiger partial charge in [-0.2, -0.15) is 5.10 Å². The highest BCUT2D eigenvalue weighted by molar-refractivity contribution is 5.92. The van der Waals surface area contributed by atoms with Crippen LogP contribution in [0.4, 0.5) is 0 Å². The molecule has 2 aromatic rings. The standard InChI is InChI=1S/C17H24N4O2/c1-11(2)5-6-16-18-14-10-21(8-7-15(14)23-16)17(22)13-9-12(3)20(4)19-13/h9,11H,5-8,10H2,1-4H3. The van der Waals surface area contributed by atoms with Gasteiger partial charge >= 0.3 is 0 Å². The lowest BCUT2D eigenvalue weighted by molar-refractivity contribution is 0.0721. The van der Waals surface area contributed by atoms with E-state index in [2.05, 4.69) is 23.9 Å². The zero-order valence-corrected chi connectivity index (χ0v) is 14.3. The molecule has 0 aliphatic carbocycles. The zero-order valence-electron chi connectivity index (χ0n) is 14.3. The average Bonchev–Trinajstić information content (AvgIpc) is 3.07. The van der Waals surface area contributed by atoms with Gasteiger partial charge in [-0.1, -0.05) is 13.8 Å². The van der Waals surface area contributed by atoms with E-state index in [1.165, 1.54) is 0 Å². The number of rotatable bonds is 4. The number of oxazole rings is 1. The summed E-state index contributed by atoms with van der Waals surface area (Å²) in [6.45, 7) is 7.49. The molecule has 23 heavy (non-hydrogen) atoms. The molecule has 6 heteroatoms. The van der Waals surface area contributed by atoms with Gasteiger partial charge in [-0.05, 0) is 25.3 Å². The van der Waals surface area contributed by atoms with Crippen LogP contribution in [0.3, 0.4) is 0 Å². The first kappa shape index (κ1) is 15.8. The van der Waals surface area contributed by atoms with E-state index in [9.17, 15) is 4.79 Å². The third-order valence-electron chi connectivity index (χ3n) is 4.33. The van der Waals surface area contributed by atoms with E-state index in [0.29, 0.717) is 24.7 Å². The van der Waals surface area contributed by atoms with E-state index in [0.717, 1.165) is 42.3 Å². The van der Waals surface area contributed by atoms with Gasteiger partial charge in [-0.15, -0.1) is 0 Å². The van der Waals surface area contributed by atoms with E-state index in [1.54, 1.807) is 9.58 Å². The van der Waals surface area contributed by atoms with Crippen LogP contribution in [0, 0.1) is 12.8 Å². The number of aromatic nitrogens is 3. The third kappa shape index (κ3) is 3.30. The first-order chi connectivity index (χ1) is 10.9. The molecular formula is C17H24N4O2. The summed E-state index contributed by atoms with van der Waals surface area (Å²) >= 11 is 0. The number of aryl methyl sites for hydroxylation is 3. The van der Waals surface area contributed by atoms with Crippen molar-refractivity contribution in [2.75, 3.05) is 6.54 Å². The van der Waals surface area contributed by atoms with Gasteiger partial charge in [0.05, 0.1) is 6.54 Å². The van der Waals surface area contributed by atoms with E-state index in [1.807, 2.05) is 20.0 Å². The number of fused-ring (bicyclic) bond motifs is 1. The summed E-state index contributed by atoms with van der Waals surface area (Å²) < 4.78 is 7.57. The minimum Gasteiger partial charge on any atom is -0.445 e. The SMILES string of the molecule is Cc1cc(C(=O)N2CCc3oc(CCC(C)C)nc3C2)nn1C. The van der Waals surface area contributed by atoms with Gasteiger partial charge in [0.15, 0.2) is 11.6 Å². The van der Waals surface area contributed by atoms with Crippen LogP contribution in [0.25, 0.3) is 0 Å². The van der Waals surface area contributed by atoms with Gasteiger partial charge < -0.3 is 9.32 Å². The lowest BCUT2D eigenvalue weighted by atomic mass is 10.1. The molecule has 0 bridgehead atoms. The second-order valence-electron chi connectivity index (χ2n) is 6.68. The minimum absolute atomic E-state index is 0.0360. The monoisotopic (exact) mass is 316 g/mol. The Bertz CT molecular complexity index is 695. The molecule has 1 aliphatic heterocycles. The maximum Gasteiger partial charge on any atom is 0.274 e. The van der Waals surface area contributed by atoms with Crippen LogP contribution < -0.4 is 0 Å². The largest absolute Gasteiger partial charge is 0.445 e. The summed E-state index contributed by atoms with van der Waals surface area (Å²) in [6, 6.07) is 1.83. The van der Waals surface area contributed by atoms with Crippen molar-refractivity contribution in [3.05, 3.63) is 34.8 Å². The Morgan fingerprint density at radius 1 is 1.43 bits per heavy atom. The lowest BCUT2D eigenvalue weighted by Crippen LogP contribution is -2.36. The Hall–Kier alpha value is -2.11. The van der Waals surface area contributed by atoms with Crippen molar-refractivity contribution in [3.63, 3.8) is 0 Å². The van der Waals surface area contributed by atoms with Gasteiger partial charge in [0.2, 0.25) is 0 Å². The van der Waals surface area contributed by atoms with Crippen LogP contribution in [0.2, 0.25) is 0 Å². The van der Waals surface area contributed by atoms with Crippen molar-refractivity contribution in [2.45, 2.75) is 46.6 Å². The number of carbonyl (C=O) groups excluding carboxylic acids is 1. The Kier molecular flexibility index (Phi) is 4.24. The highest BCUT2D eigenvalue weighted by atomic mass is 16.4. The molecule has 3 heterocycles. The molecule has 3 rings (SSSR count). The molecule has 0 radical (unpaired) electrons. The maximum absolute atomic E-state index is 12.6. The number of hydrogen-bond acceptors (Lipinski definition) is 4. The molecule has 0 N–H and O–H groups in total. The van der Waals surface area contributed by atoms with Gasteiger partial charge in [0, 0.05) is 32.1 Å². The number of hydrogen-bond donors (Lipinski definition) is 0. The van der Waals surface area contributed by atoms with Gasteiger partial charge in [0.1, 0.15) is 11.5 Å². The quantitative estimate of drug-likeness (QED) is 0.869. The predicted octanol–water partition coefficient (Wildman–Crippen LogP) is 2.50. The minimum atomic E-state index is -0.0360. The van der Waals surface area contributed by atoms with Crippen LogP contribution in [0.1, 0.15) is 53.8 Å². The molecule has 1 amide bonds. The van der Waals surface area contributed by atoms with E-state index in [-0.39, 0.29) is 5.91 Å². The smallest absolute Gasteiger partial charge is 0.274 e. The third-order valence-corrected chi connectivity index (χ3v) is 4.33. The van der Waals surface area contributed by atoms with Crippen molar-refractivity contribution >= 4 is 5.91 Å². The molecule has 0 atom stereocenters. The van der Waals surface area contributed by atoms with Crippen molar-refractivity contribution in [1.82, 2.24) is 19.7 Å². The molecule has 1 aliphatic rings. The zero-order chi connectivity index (χ0) is 16.6. The Morgan fingerprint density at radius 3 is 2.87 bits per heavy atom. The molecule has 0 saturated heterocycles. The van der Waals surface area contributed by atoms with Crippen molar-refractivity contribution < 1.29 is 9.21 Å². The van der Waals surface area contributed by atoms with E-state index >= 15 is 0 Å². The summed E-state index contributed by atoms with van der Waals surface area (Å²) in [7, 11) is 1.85. The molecule has 0 unspecified atom stereocenters. The molecule has 0 aromatic carbocycles. The van der Waals surface area contributed by atoms with Crippen LogP contribution in [-0.4, -0.2) is 32.1 Å². The van der Waals surface area contributed by atoms with E-state index < -0.39 is 0 Å². The first-order valence-corrected chi connectivity index (χ1v) is 8.21. The topological polar surface area (TPSA) is 64.2 Å². The average molecular weight is 316 g/mol. The van der Waals surface area contributed by atoms with E-state index in [4.69, 9.17) is 4.42 Å². The predicted molar refractivity (Wildman–Crippen MR) is 86.1 cm³/mol. The fraction of sp³-hybridized carbons (Fsp3) is 0.588. The molecule has 6 nitrogen and oxygen atoms in total. The fourth-order valence-corrected chi connectivity index (χ4v) is 2.77. The van der Waals surface area contributed by atoms with Crippen molar-refractivity contribution in [2.24, 2.45) is 13.0 Å². The normalized spacial score (nSPS) is 14.4. The number of amides is 1. The molecular weight excluding hydrogens is 292 g/mol. The molecule has 0 spiro atoms. The van der Waals surface area contributed by atoms with Gasteiger partial charge in [-0.3, -0.25) is 9.48 Å². The molecule has 0 saturated carbocycles. The summed E-state index contributed by atoms with van der Waals surface area (Å²) in [4.78, 5) is 19.0. The highest BCUT2D eigenvalue weighted by Gasteiger charge is 2.27. The molecule has 2 aromatic heterocycles. The summed E-state index contributed by atoms with van der Waals surface area (Å²) in [6.07, 6.45) is 2.65. The summed E-state index contributed by atoms with van der Waals surface area (Å²) in [5.41, 5.74) is 2.37. The maximum atomic E-state index is 12.6. The van der Waals surface area contributed by atoms with Crippen LogP contribution >= 0.6 is 0 Å². The van der Waals surface area contributed by atoms with Crippen molar-refractivity contribution in [1.29, 1.82) is 0 Å². The molecule has 124 valence electrons. The second kappa shape index (κ2) is 6.18. The summed E-state index contributed by atoms with van der Waals surface area (Å²) in [5.74, 6) is 2.33. The van der Waals surface area contributed by atoms with Crippen LogP contribution in [0.15, 0.2) is 10.5 Å². The first-order valence-electron chi connectivity index (χ1n) is 8.21. The molecule has 0 fully saturated rings. The fourth-order valence-electron chi connectivity index (χ4n) is 2.77. The second-order valence-corrected chi connectivity index (χ2v) is 6.68. The number of carbonyl (C=O) groups is 1. The Morgan fingerprint density at radius 2 is 2.22 bits per heavy atom. The summed E-state index contributed by atoms with van der Waals surface area (Å²) in [5, 5.41) is 4.28. The lowest BCUT2D eigenvalue weighted by Gasteiger charge is -2.24. The van der Waals surface area contributed by atoms with Gasteiger partial charge in [-0.25, -0.2) is 4.98 Å². The van der Waals surface area contributed by atoms with Crippen LogP contribution in [0.5, 0.6) is 0 Å². The number of nitrogens with zero attached hydrogens (tertiary/aromatic N) is 4. The Labute approximate surface area is 136 Å². The van der Waals surface area contributed by atoms with Crippen LogP contribution in [-0.2, 0) is 26.4 Å².